The van der Waals surface area contributed by atoms with Gasteiger partial charge >= 0.3 is 11.9 Å². The van der Waals surface area contributed by atoms with Crippen LogP contribution in [0, 0.1) is 11.8 Å². The fourth-order valence-corrected chi connectivity index (χ4v) is 11.9. The smallest absolute Gasteiger partial charge is 0.306 e. The summed E-state index contributed by atoms with van der Waals surface area (Å²) in [6.45, 7) is 11.5. The van der Waals surface area contributed by atoms with E-state index in [0.29, 0.717) is 68.7 Å². The highest BCUT2D eigenvalue weighted by Crippen LogP contribution is 2.33. The second kappa shape index (κ2) is 32.6. The molecule has 8 heterocycles. The van der Waals surface area contributed by atoms with Crippen molar-refractivity contribution >= 4 is 83.1 Å². The van der Waals surface area contributed by atoms with Crippen LogP contribution in [0.2, 0.25) is 10.0 Å². The first-order chi connectivity index (χ1) is 35.7. The van der Waals surface area contributed by atoms with Crippen LogP contribution in [0.3, 0.4) is 0 Å². The molecule has 0 aliphatic carbocycles. The number of amides is 2. The second-order valence-electron chi connectivity index (χ2n) is 21.0. The van der Waals surface area contributed by atoms with Gasteiger partial charge in [0.1, 0.15) is 23.7 Å². The minimum atomic E-state index is -0.260. The lowest BCUT2D eigenvalue weighted by atomic mass is 9.86. The Hall–Kier alpha value is -3.56. The van der Waals surface area contributed by atoms with Crippen molar-refractivity contribution in [1.82, 2.24) is 30.2 Å². The van der Waals surface area contributed by atoms with Crippen LogP contribution >= 0.6 is 48.0 Å². The molecule has 18 nitrogen and oxygen atoms in total. The number of nitrogens with zero attached hydrogens (tertiary/aromatic N) is 4. The molecule has 0 radical (unpaired) electrons. The molecule has 2 aromatic carbocycles. The molecule has 8 saturated heterocycles. The molecule has 0 aromatic heterocycles. The monoisotopic (exact) mass is 1160 g/mol. The van der Waals surface area contributed by atoms with Gasteiger partial charge < -0.3 is 60.3 Å². The van der Waals surface area contributed by atoms with Crippen molar-refractivity contribution in [2.75, 3.05) is 118 Å². The summed E-state index contributed by atoms with van der Waals surface area (Å²) in [7, 11) is 6.35. The van der Waals surface area contributed by atoms with Gasteiger partial charge in [-0.25, -0.2) is 0 Å². The van der Waals surface area contributed by atoms with Crippen molar-refractivity contribution in [2.45, 2.75) is 134 Å². The van der Waals surface area contributed by atoms with Crippen molar-refractivity contribution in [3.05, 3.63) is 45.4 Å². The molecule has 8 aliphatic heterocycles. The van der Waals surface area contributed by atoms with Gasteiger partial charge in [-0.05, 0) is 127 Å². The Morgan fingerprint density at radius 1 is 0.532 bits per heavy atom. The number of carbonyl (C=O) groups is 4. The molecule has 22 heteroatoms. The number of unbranched alkanes of at least 4 members (excludes halogenated alkanes) is 4. The lowest BCUT2D eigenvalue weighted by Gasteiger charge is -2.43. The maximum Gasteiger partial charge on any atom is 0.306 e. The fourth-order valence-electron chi connectivity index (χ4n) is 11.6. The van der Waals surface area contributed by atoms with E-state index in [1.165, 1.54) is 26.4 Å². The van der Waals surface area contributed by atoms with Gasteiger partial charge in [-0.3, -0.25) is 29.0 Å². The van der Waals surface area contributed by atoms with E-state index < -0.39 is 0 Å². The van der Waals surface area contributed by atoms with Gasteiger partial charge in [-0.2, -0.15) is 0 Å². The topological polar surface area (TPSA) is 213 Å². The van der Waals surface area contributed by atoms with Crippen molar-refractivity contribution in [3.8, 4) is 11.5 Å². The molecule has 2 amide bonds. The average molecular weight is 1160 g/mol. The second-order valence-corrected chi connectivity index (χ2v) is 21.8. The van der Waals surface area contributed by atoms with Crippen LogP contribution in [0.1, 0.15) is 118 Å². The molecule has 0 saturated carbocycles. The number of carbonyl (C=O) groups excluding carboxylic acids is 4. The van der Waals surface area contributed by atoms with E-state index >= 15 is 0 Å². The number of hydrogen-bond acceptors (Lipinski definition) is 16. The van der Waals surface area contributed by atoms with Crippen LogP contribution in [-0.4, -0.2) is 187 Å². The minimum absolute atomic E-state index is 0. The fraction of sp³-hybridized carbons (Fsp3) is 0.709. The van der Waals surface area contributed by atoms with Gasteiger partial charge in [0.15, 0.2) is 0 Å². The number of hydrogen-bond donors (Lipinski definition) is 4. The van der Waals surface area contributed by atoms with Gasteiger partial charge in [0.2, 0.25) is 0 Å². The number of benzene rings is 2. The molecule has 77 heavy (non-hydrogen) atoms. The number of anilines is 2. The number of piperidine rings is 8. The van der Waals surface area contributed by atoms with E-state index in [2.05, 4.69) is 30.2 Å². The highest BCUT2D eigenvalue weighted by atomic mass is 35.5. The number of nitrogens with two attached hydrogens (primary N) is 2. The molecule has 10 rings (SSSR count). The van der Waals surface area contributed by atoms with Crippen molar-refractivity contribution in [1.29, 1.82) is 0 Å². The number of likely N-dealkylation sites (tertiary alicyclic amines) is 2. The summed E-state index contributed by atoms with van der Waals surface area (Å²) in [6.07, 6.45) is 12.8. The zero-order valence-electron chi connectivity index (χ0n) is 44.9. The highest BCUT2D eigenvalue weighted by molar-refractivity contribution is 6.34. The molecule has 8 aliphatic rings. The van der Waals surface area contributed by atoms with E-state index in [9.17, 15) is 19.2 Å². The van der Waals surface area contributed by atoms with E-state index in [-0.39, 0.29) is 92.5 Å². The number of nitrogen functional groups attached to an aromatic ring is 2. The van der Waals surface area contributed by atoms with Gasteiger partial charge in [0.05, 0.1) is 71.1 Å². The minimum Gasteiger partial charge on any atom is -0.496 e. The van der Waals surface area contributed by atoms with Gasteiger partial charge in [-0.1, -0.05) is 43.5 Å². The van der Waals surface area contributed by atoms with Crippen LogP contribution in [0.4, 0.5) is 11.4 Å². The average Bonchev–Trinajstić information content (AvgIpc) is 3.41. The van der Waals surface area contributed by atoms with Crippen LogP contribution in [-0.2, 0) is 28.5 Å². The molecule has 8 fully saturated rings. The van der Waals surface area contributed by atoms with E-state index in [1.54, 1.807) is 26.4 Å². The van der Waals surface area contributed by atoms with Crippen LogP contribution in [0.15, 0.2) is 24.3 Å². The molecule has 2 aromatic rings. The summed E-state index contributed by atoms with van der Waals surface area (Å²) in [5.41, 5.74) is 13.1. The zero-order valence-corrected chi connectivity index (χ0v) is 48.1. The first-order valence-corrected chi connectivity index (χ1v) is 27.7. The molecule has 0 spiro atoms. The molecule has 6 unspecified atom stereocenters. The van der Waals surface area contributed by atoms with Crippen LogP contribution in [0.25, 0.3) is 0 Å². The third-order valence-electron chi connectivity index (χ3n) is 16.1. The number of halogens is 4. The molecular weight excluding hydrogens is 1070 g/mol. The molecule has 6 N–H and O–H groups in total. The predicted octanol–water partition coefficient (Wildman–Crippen LogP) is 7.38. The van der Waals surface area contributed by atoms with Crippen LogP contribution in [0.5, 0.6) is 11.5 Å². The van der Waals surface area contributed by atoms with Gasteiger partial charge in [-0.15, -0.1) is 24.8 Å². The normalized spacial score (nSPS) is 26.5. The lowest BCUT2D eigenvalue weighted by Crippen LogP contribution is -2.54. The van der Waals surface area contributed by atoms with Crippen LogP contribution < -0.4 is 31.6 Å². The Morgan fingerprint density at radius 2 is 0.909 bits per heavy atom. The molecule has 6 atom stereocenters. The maximum atomic E-state index is 13.0. The quantitative estimate of drug-likeness (QED) is 0.0515. The summed E-state index contributed by atoms with van der Waals surface area (Å²) in [6, 6.07) is 5.96. The summed E-state index contributed by atoms with van der Waals surface area (Å²) < 4.78 is 33.7. The number of fused-ring (bicyclic) bond motifs is 6. The standard InChI is InChI=1S/2C27H41ClN4O5.CH4.2ClH/c2*1-35-23-15-21(29)20(28)14-19(23)27(34)30-22-9-13-31(17-25(22)36-2)10-5-3-4-6-26(33)37-24-16-32-11-7-18(24)8-12-32;;;/h2*14-15,18,22,24-25H,3-13,16-17,29H2,1-2H3,(H,30,34);1H4;2*1H. The van der Waals surface area contributed by atoms with E-state index in [1.807, 2.05) is 0 Å². The summed E-state index contributed by atoms with van der Waals surface area (Å²) >= 11 is 12.3. The Bertz CT molecular complexity index is 2040. The number of esters is 2. The summed E-state index contributed by atoms with van der Waals surface area (Å²) in [5, 5.41) is 6.80. The number of ether oxygens (including phenoxy) is 6. The third-order valence-corrected chi connectivity index (χ3v) is 16.8. The maximum absolute atomic E-state index is 13.0. The molecule has 436 valence electrons. The van der Waals surface area contributed by atoms with Gasteiger partial charge in [0, 0.05) is 78.5 Å². The zero-order chi connectivity index (χ0) is 52.7. The Labute approximate surface area is 479 Å². The summed E-state index contributed by atoms with van der Waals surface area (Å²) in [5.74, 6) is 1.27. The largest absolute Gasteiger partial charge is 0.496 e. The molecule has 4 bridgehead atoms. The predicted molar refractivity (Wildman–Crippen MR) is 307 cm³/mol. The lowest BCUT2D eigenvalue weighted by molar-refractivity contribution is -0.159. The number of methoxy groups -OCH3 is 4. The van der Waals surface area contributed by atoms with Crippen molar-refractivity contribution < 1.29 is 47.6 Å². The van der Waals surface area contributed by atoms with E-state index in [4.69, 9.17) is 63.1 Å². The third kappa shape index (κ3) is 18.8. The van der Waals surface area contributed by atoms with Crippen molar-refractivity contribution in [3.63, 3.8) is 0 Å². The number of nitrogens with one attached hydrogen (secondary N) is 2. The Balaban J connectivity index is 0.000000320. The Morgan fingerprint density at radius 3 is 1.23 bits per heavy atom. The first kappa shape index (κ1) is 66.0. The Kier molecular flexibility index (Phi) is 28.0. The van der Waals surface area contributed by atoms with Crippen molar-refractivity contribution in [2.24, 2.45) is 11.8 Å². The van der Waals surface area contributed by atoms with E-state index in [0.717, 1.165) is 156 Å². The van der Waals surface area contributed by atoms with Gasteiger partial charge in [0.25, 0.3) is 11.8 Å². The highest BCUT2D eigenvalue weighted by Gasteiger charge is 2.38. The number of rotatable bonds is 22. The molecular formula is C55H88Cl4N8O10. The summed E-state index contributed by atoms with van der Waals surface area (Å²) in [4.78, 5) is 60.1. The SMILES string of the molecule is C.COc1cc(N)c(Cl)cc1C(=O)NC1CCN(CCCCCC(=O)OC2CN3CCC2CC3)CC1OC.COc1cc(N)c(Cl)cc1C(=O)NC1CCN(CCCCCC(=O)OC2CN3CCC2CC3)CC1OC.Cl.Cl. The first-order valence-electron chi connectivity index (χ1n) is 27.0.